The van der Waals surface area contributed by atoms with E-state index in [9.17, 15) is 14.7 Å². The fraction of sp³-hybridized carbons (Fsp3) is 0.583. The Morgan fingerprint density at radius 2 is 2.00 bits per heavy atom. The first-order valence-electron chi connectivity index (χ1n) is 6.34. The van der Waals surface area contributed by atoms with Crippen LogP contribution in [0.25, 0.3) is 0 Å². The third-order valence-electron chi connectivity index (χ3n) is 3.66. The topological polar surface area (TPSA) is 108 Å². The van der Waals surface area contributed by atoms with Crippen LogP contribution >= 0.6 is 0 Å². The summed E-state index contributed by atoms with van der Waals surface area (Å²) in [5.41, 5.74) is 0.161. The van der Waals surface area contributed by atoms with Gasteiger partial charge in [0.25, 0.3) is 5.95 Å². The molecule has 0 spiro atoms. The Labute approximate surface area is 116 Å². The molecule has 2 rings (SSSR count). The van der Waals surface area contributed by atoms with Crippen LogP contribution in [0.15, 0.2) is 0 Å². The number of nitrogens with one attached hydrogen (secondary N) is 1. The minimum Gasteiger partial charge on any atom is -0.480 e. The molecule has 0 saturated carbocycles. The molecule has 2 N–H and O–H groups in total. The Kier molecular flexibility index (Phi) is 3.56. The summed E-state index contributed by atoms with van der Waals surface area (Å²) in [6.45, 7) is 5.47. The lowest BCUT2D eigenvalue weighted by atomic mass is 10.00. The smallest absolute Gasteiger partial charge is 0.329 e. The normalized spacial score (nSPS) is 21.9. The summed E-state index contributed by atoms with van der Waals surface area (Å²) in [5.74, 6) is -0.929. The largest absolute Gasteiger partial charge is 0.480 e. The van der Waals surface area contributed by atoms with Crippen LogP contribution < -0.4 is 5.32 Å². The highest BCUT2D eigenvalue weighted by Crippen LogP contribution is 2.29. The summed E-state index contributed by atoms with van der Waals surface area (Å²) in [7, 11) is 0. The quantitative estimate of drug-likeness (QED) is 0.834. The molecule has 8 nitrogen and oxygen atoms in total. The number of aliphatic carboxylic acids is 1. The molecule has 2 amide bonds. The van der Waals surface area contributed by atoms with Crippen LogP contribution in [0.2, 0.25) is 0 Å². The maximum absolute atomic E-state index is 12.2. The first-order chi connectivity index (χ1) is 9.34. The van der Waals surface area contributed by atoms with Gasteiger partial charge in [0.2, 0.25) is 0 Å². The summed E-state index contributed by atoms with van der Waals surface area (Å²) in [4.78, 5) is 28.9. The molecule has 1 aliphatic heterocycles. The molecular weight excluding hydrogens is 262 g/mol. The highest BCUT2D eigenvalue weighted by atomic mass is 16.4. The van der Waals surface area contributed by atoms with Gasteiger partial charge < -0.3 is 10.0 Å². The number of aryl methyl sites for hydroxylation is 2. The van der Waals surface area contributed by atoms with E-state index in [-0.39, 0.29) is 5.95 Å². The van der Waals surface area contributed by atoms with Crippen molar-refractivity contribution in [3.05, 3.63) is 11.4 Å². The molecule has 1 aromatic rings. The van der Waals surface area contributed by atoms with Crippen molar-refractivity contribution in [2.24, 2.45) is 0 Å². The van der Waals surface area contributed by atoms with Gasteiger partial charge in [0.1, 0.15) is 5.54 Å². The number of carboxylic acid groups (broad SMARTS) is 1. The predicted octanol–water partition coefficient (Wildman–Crippen LogP) is 0.959. The fourth-order valence-electron chi connectivity index (χ4n) is 2.18. The third-order valence-corrected chi connectivity index (χ3v) is 3.66. The lowest BCUT2D eigenvalue weighted by Gasteiger charge is -2.30. The molecule has 108 valence electrons. The standard InChI is InChI=1S/C12H17N5O3/c1-7-8(2)15-16-10(13-7)14-11(20)17-6-4-5-12(17,3)9(18)19/h4-6H2,1-3H3,(H,18,19)(H,13,14,16,20). The monoisotopic (exact) mass is 279 g/mol. The molecule has 8 heteroatoms. The summed E-state index contributed by atoms with van der Waals surface area (Å²) >= 11 is 0. The van der Waals surface area contributed by atoms with Crippen molar-refractivity contribution in [2.75, 3.05) is 11.9 Å². The van der Waals surface area contributed by atoms with E-state index in [1.165, 1.54) is 4.90 Å². The van der Waals surface area contributed by atoms with Crippen LogP contribution in [0.1, 0.15) is 31.2 Å². The van der Waals surface area contributed by atoms with Gasteiger partial charge in [0.05, 0.1) is 11.4 Å². The number of hydrogen-bond acceptors (Lipinski definition) is 5. The zero-order valence-electron chi connectivity index (χ0n) is 11.7. The zero-order chi connectivity index (χ0) is 14.9. The average Bonchev–Trinajstić information content (AvgIpc) is 2.77. The molecule has 1 fully saturated rings. The maximum atomic E-state index is 12.2. The third kappa shape index (κ3) is 2.40. The lowest BCUT2D eigenvalue weighted by Crippen LogP contribution is -2.52. The number of aromatic nitrogens is 3. The summed E-state index contributed by atoms with van der Waals surface area (Å²) in [5, 5.41) is 19.4. The molecule has 1 saturated heterocycles. The van der Waals surface area contributed by atoms with Crippen molar-refractivity contribution in [3.63, 3.8) is 0 Å². The minimum atomic E-state index is -1.18. The van der Waals surface area contributed by atoms with Crippen LogP contribution in [-0.4, -0.2) is 49.3 Å². The molecule has 0 aromatic carbocycles. The van der Waals surface area contributed by atoms with Crippen molar-refractivity contribution in [2.45, 2.75) is 39.2 Å². The maximum Gasteiger partial charge on any atom is 0.329 e. The minimum absolute atomic E-state index is 0.0812. The Balaban J connectivity index is 2.15. The number of likely N-dealkylation sites (tertiary alicyclic amines) is 1. The average molecular weight is 279 g/mol. The van der Waals surface area contributed by atoms with Crippen molar-refractivity contribution < 1.29 is 14.7 Å². The van der Waals surface area contributed by atoms with Crippen LogP contribution in [0.3, 0.4) is 0 Å². The highest BCUT2D eigenvalue weighted by Gasteiger charge is 2.46. The molecule has 0 bridgehead atoms. The van der Waals surface area contributed by atoms with Crippen molar-refractivity contribution in [3.8, 4) is 0 Å². The molecule has 20 heavy (non-hydrogen) atoms. The predicted molar refractivity (Wildman–Crippen MR) is 70.3 cm³/mol. The van der Waals surface area contributed by atoms with E-state index < -0.39 is 17.5 Å². The highest BCUT2D eigenvalue weighted by molar-refractivity contribution is 5.93. The molecule has 1 aliphatic rings. The van der Waals surface area contributed by atoms with Gasteiger partial charge in [0.15, 0.2) is 0 Å². The molecule has 0 aliphatic carbocycles. The van der Waals surface area contributed by atoms with E-state index in [1.807, 2.05) is 0 Å². The summed E-state index contributed by atoms with van der Waals surface area (Å²) < 4.78 is 0. The molecule has 1 aromatic heterocycles. The van der Waals surface area contributed by atoms with E-state index in [2.05, 4.69) is 20.5 Å². The van der Waals surface area contributed by atoms with Crippen LogP contribution in [-0.2, 0) is 4.79 Å². The number of nitrogens with zero attached hydrogens (tertiary/aromatic N) is 4. The number of amides is 2. The van der Waals surface area contributed by atoms with Crippen LogP contribution in [0, 0.1) is 13.8 Å². The van der Waals surface area contributed by atoms with E-state index in [1.54, 1.807) is 20.8 Å². The number of carbonyl (C=O) groups is 2. The number of hydrogen-bond donors (Lipinski definition) is 2. The molecule has 0 radical (unpaired) electrons. The van der Waals surface area contributed by atoms with Crippen molar-refractivity contribution in [1.29, 1.82) is 0 Å². The first kappa shape index (κ1) is 14.2. The number of carboxylic acids is 1. The molecular formula is C12H17N5O3. The fourth-order valence-corrected chi connectivity index (χ4v) is 2.18. The Hall–Kier alpha value is -2.25. The van der Waals surface area contributed by atoms with Crippen LogP contribution in [0.4, 0.5) is 10.7 Å². The van der Waals surface area contributed by atoms with Gasteiger partial charge in [-0.1, -0.05) is 0 Å². The van der Waals surface area contributed by atoms with Crippen LogP contribution in [0.5, 0.6) is 0 Å². The van der Waals surface area contributed by atoms with Gasteiger partial charge in [-0.3, -0.25) is 5.32 Å². The van der Waals surface area contributed by atoms with Crippen molar-refractivity contribution in [1.82, 2.24) is 20.1 Å². The number of anilines is 1. The summed E-state index contributed by atoms with van der Waals surface area (Å²) in [6, 6.07) is -0.516. The van der Waals surface area contributed by atoms with Crippen molar-refractivity contribution >= 4 is 17.9 Å². The number of urea groups is 1. The Morgan fingerprint density at radius 3 is 2.60 bits per heavy atom. The SMILES string of the molecule is Cc1nnc(NC(=O)N2CCCC2(C)C(=O)O)nc1C. The van der Waals surface area contributed by atoms with Gasteiger partial charge in [-0.05, 0) is 33.6 Å². The summed E-state index contributed by atoms with van der Waals surface area (Å²) in [6.07, 6.45) is 1.09. The van der Waals surface area contributed by atoms with E-state index in [0.29, 0.717) is 30.8 Å². The van der Waals surface area contributed by atoms with Gasteiger partial charge in [-0.15, -0.1) is 5.10 Å². The lowest BCUT2D eigenvalue weighted by molar-refractivity contribution is -0.146. The Bertz CT molecular complexity index is 562. The van der Waals surface area contributed by atoms with E-state index in [0.717, 1.165) is 0 Å². The molecule has 1 unspecified atom stereocenters. The second-order valence-electron chi connectivity index (χ2n) is 5.07. The van der Waals surface area contributed by atoms with Gasteiger partial charge in [-0.25, -0.2) is 14.6 Å². The zero-order valence-corrected chi connectivity index (χ0v) is 11.7. The number of carbonyl (C=O) groups excluding carboxylic acids is 1. The van der Waals surface area contributed by atoms with E-state index in [4.69, 9.17) is 0 Å². The number of rotatable bonds is 2. The van der Waals surface area contributed by atoms with Gasteiger partial charge >= 0.3 is 12.0 Å². The van der Waals surface area contributed by atoms with Gasteiger partial charge in [0, 0.05) is 6.54 Å². The first-order valence-corrected chi connectivity index (χ1v) is 6.34. The Morgan fingerprint density at radius 1 is 1.30 bits per heavy atom. The molecule has 2 heterocycles. The van der Waals surface area contributed by atoms with Gasteiger partial charge in [-0.2, -0.15) is 5.10 Å². The van der Waals surface area contributed by atoms with E-state index >= 15 is 0 Å². The molecule has 1 atom stereocenters. The second kappa shape index (κ2) is 5.03. The second-order valence-corrected chi connectivity index (χ2v) is 5.07.